The van der Waals surface area contributed by atoms with E-state index in [2.05, 4.69) is 12.1 Å². The first-order valence-electron chi connectivity index (χ1n) is 7.60. The Morgan fingerprint density at radius 3 is 2.86 bits per heavy atom. The van der Waals surface area contributed by atoms with E-state index in [9.17, 15) is 0 Å². The van der Waals surface area contributed by atoms with Crippen molar-refractivity contribution in [1.82, 2.24) is 4.57 Å². The predicted octanol–water partition coefficient (Wildman–Crippen LogP) is -0.542. The number of halogens is 1. The third-order valence-electron chi connectivity index (χ3n) is 4.23. The van der Waals surface area contributed by atoms with Crippen LogP contribution >= 0.6 is 0 Å². The van der Waals surface area contributed by atoms with Crippen LogP contribution in [0.2, 0.25) is 0 Å². The van der Waals surface area contributed by atoms with Crippen LogP contribution in [0.3, 0.4) is 0 Å². The molecule has 0 bridgehead atoms. The van der Waals surface area contributed by atoms with E-state index in [0.29, 0.717) is 18.8 Å². The summed E-state index contributed by atoms with van der Waals surface area (Å²) in [7, 11) is 1.92. The van der Waals surface area contributed by atoms with Gasteiger partial charge < -0.3 is 22.4 Å². The molecule has 1 aromatic rings. The minimum atomic E-state index is 0. The van der Waals surface area contributed by atoms with E-state index in [-0.39, 0.29) is 12.4 Å². The number of hydrogen-bond acceptors (Lipinski definition) is 3. The summed E-state index contributed by atoms with van der Waals surface area (Å²) < 4.78 is 10.0. The Labute approximate surface area is 133 Å². The maximum atomic E-state index is 8.72. The van der Waals surface area contributed by atoms with Crippen LogP contribution in [0.15, 0.2) is 17.5 Å². The second-order valence-corrected chi connectivity index (χ2v) is 5.65. The van der Waals surface area contributed by atoms with Crippen molar-refractivity contribution in [2.45, 2.75) is 58.3 Å². The van der Waals surface area contributed by atoms with Gasteiger partial charge in [-0.15, -0.1) is 0 Å². The van der Waals surface area contributed by atoms with Crippen molar-refractivity contribution in [3.05, 3.63) is 18.2 Å². The highest BCUT2D eigenvalue weighted by atomic mass is 35.5. The summed E-state index contributed by atoms with van der Waals surface area (Å²) in [4.78, 5) is 0. The number of imidazole rings is 1. The van der Waals surface area contributed by atoms with Gasteiger partial charge in [0.2, 0.25) is 0 Å². The number of hydrogen-bond donors (Lipinski definition) is 1. The molecule has 1 atom stereocenters. The van der Waals surface area contributed by atoms with E-state index in [4.69, 9.17) is 9.94 Å². The van der Waals surface area contributed by atoms with Crippen LogP contribution in [0, 0.1) is 5.92 Å². The Kier molecular flexibility index (Phi) is 7.75. The number of oxime groups is 1. The summed E-state index contributed by atoms with van der Waals surface area (Å²) in [6.07, 6.45) is 13.3. The third kappa shape index (κ3) is 4.71. The van der Waals surface area contributed by atoms with Gasteiger partial charge in [-0.25, -0.2) is 9.13 Å². The molecule has 0 saturated heterocycles. The molecule has 1 aliphatic carbocycles. The summed E-state index contributed by atoms with van der Waals surface area (Å²) >= 11 is 0. The molecule has 0 aliphatic heterocycles. The molecular weight excluding hydrogens is 290 g/mol. The van der Waals surface area contributed by atoms with Gasteiger partial charge in [0.05, 0.1) is 13.2 Å². The van der Waals surface area contributed by atoms with Crippen LogP contribution in [0.1, 0.15) is 51.3 Å². The van der Waals surface area contributed by atoms with Gasteiger partial charge in [0, 0.05) is 0 Å². The number of ether oxygens (including phenoxy) is 1. The van der Waals surface area contributed by atoms with E-state index in [1.165, 1.54) is 31.9 Å². The Bertz CT molecular complexity index is 442. The fraction of sp³-hybridized carbons (Fsp3) is 0.733. The van der Waals surface area contributed by atoms with E-state index in [0.717, 1.165) is 18.7 Å². The molecule has 5 nitrogen and oxygen atoms in total. The summed E-state index contributed by atoms with van der Waals surface area (Å²) in [5.74, 6) is 1.54. The second-order valence-electron chi connectivity index (χ2n) is 5.65. The lowest BCUT2D eigenvalue weighted by Crippen LogP contribution is -3.00. The average molecular weight is 316 g/mol. The van der Waals surface area contributed by atoms with Crippen molar-refractivity contribution in [2.24, 2.45) is 18.1 Å². The van der Waals surface area contributed by atoms with Crippen LogP contribution < -0.4 is 17.0 Å². The number of rotatable bonds is 7. The molecule has 0 radical (unpaired) electrons. The largest absolute Gasteiger partial charge is 1.00 e. The topological polar surface area (TPSA) is 50.6 Å². The van der Waals surface area contributed by atoms with E-state index < -0.39 is 0 Å². The molecule has 6 heteroatoms. The zero-order valence-electron chi connectivity index (χ0n) is 12.9. The first-order valence-corrected chi connectivity index (χ1v) is 7.60. The smallest absolute Gasteiger partial charge is 0.305 e. The van der Waals surface area contributed by atoms with Crippen molar-refractivity contribution < 1.29 is 26.9 Å². The average Bonchev–Trinajstić information content (AvgIpc) is 3.07. The lowest BCUT2D eigenvalue weighted by Gasteiger charge is -2.22. The molecule has 1 fully saturated rings. The summed E-state index contributed by atoms with van der Waals surface area (Å²) in [6, 6.07) is 0. The van der Waals surface area contributed by atoms with E-state index in [1.807, 2.05) is 28.6 Å². The molecule has 0 amide bonds. The van der Waals surface area contributed by atoms with Crippen LogP contribution in [-0.4, -0.2) is 22.1 Å². The normalized spacial score (nSPS) is 17.2. The molecule has 0 aromatic carbocycles. The Morgan fingerprint density at radius 2 is 2.24 bits per heavy atom. The minimum Gasteiger partial charge on any atom is -1.00 e. The molecule has 1 N–H and O–H groups in total. The minimum absolute atomic E-state index is 0. The molecule has 21 heavy (non-hydrogen) atoms. The SMILES string of the molecule is CCCC(OCn1cc[n+](C)c1/C=N/O)C1CCCC1.[Cl-]. The first-order chi connectivity index (χ1) is 9.76. The van der Waals surface area contributed by atoms with Crippen molar-refractivity contribution in [1.29, 1.82) is 0 Å². The van der Waals surface area contributed by atoms with Gasteiger partial charge in [0.1, 0.15) is 12.4 Å². The van der Waals surface area contributed by atoms with Gasteiger partial charge in [-0.1, -0.05) is 31.3 Å². The van der Waals surface area contributed by atoms with Crippen molar-refractivity contribution in [3.63, 3.8) is 0 Å². The Balaban J connectivity index is 0.00000220. The zero-order valence-corrected chi connectivity index (χ0v) is 13.7. The lowest BCUT2D eigenvalue weighted by atomic mass is 9.97. The molecule has 2 rings (SSSR count). The summed E-state index contributed by atoms with van der Waals surface area (Å²) in [6.45, 7) is 2.73. The van der Waals surface area contributed by atoms with Crippen LogP contribution in [-0.2, 0) is 18.5 Å². The number of aromatic nitrogens is 2. The van der Waals surface area contributed by atoms with E-state index in [1.54, 1.807) is 0 Å². The molecule has 1 saturated carbocycles. The molecule has 1 heterocycles. The predicted molar refractivity (Wildman–Crippen MR) is 76.7 cm³/mol. The second kappa shape index (κ2) is 9.05. The third-order valence-corrected chi connectivity index (χ3v) is 4.23. The lowest BCUT2D eigenvalue weighted by molar-refractivity contribution is -0.672. The summed E-state index contributed by atoms with van der Waals surface area (Å²) in [5, 5.41) is 11.8. The summed E-state index contributed by atoms with van der Waals surface area (Å²) in [5.41, 5.74) is 0. The molecule has 1 aromatic heterocycles. The quantitative estimate of drug-likeness (QED) is 0.318. The van der Waals surface area contributed by atoms with Crippen LogP contribution in [0.25, 0.3) is 0 Å². The van der Waals surface area contributed by atoms with Crippen molar-refractivity contribution in [2.75, 3.05) is 0 Å². The Hall–Kier alpha value is -1.07. The molecule has 1 aliphatic rings. The zero-order chi connectivity index (χ0) is 14.4. The molecular formula is C15H26ClN3O2. The van der Waals surface area contributed by atoms with E-state index >= 15 is 0 Å². The van der Waals surface area contributed by atoms with Gasteiger partial charge in [-0.3, -0.25) is 0 Å². The van der Waals surface area contributed by atoms with Crippen molar-refractivity contribution in [3.8, 4) is 0 Å². The fourth-order valence-corrected chi connectivity index (χ4v) is 3.11. The monoisotopic (exact) mass is 315 g/mol. The fourth-order valence-electron chi connectivity index (χ4n) is 3.11. The highest BCUT2D eigenvalue weighted by Gasteiger charge is 2.26. The maximum absolute atomic E-state index is 8.72. The van der Waals surface area contributed by atoms with Crippen LogP contribution in [0.4, 0.5) is 0 Å². The van der Waals surface area contributed by atoms with Crippen LogP contribution in [0.5, 0.6) is 0 Å². The van der Waals surface area contributed by atoms with Gasteiger partial charge in [0.25, 0.3) is 0 Å². The highest BCUT2D eigenvalue weighted by molar-refractivity contribution is 5.72. The number of aryl methyl sites for hydroxylation is 1. The first kappa shape index (κ1) is 18.0. The standard InChI is InChI=1S/C15H25N3O2.ClH/c1-3-6-14(13-7-4-5-8-13)20-12-18-10-9-17(2)15(18)11-16-19;/h9-11,13-14H,3-8,12H2,1-2H3;1H. The number of nitrogens with zero attached hydrogens (tertiary/aromatic N) is 3. The molecule has 120 valence electrons. The molecule has 1 unspecified atom stereocenters. The van der Waals surface area contributed by atoms with Crippen molar-refractivity contribution >= 4 is 6.21 Å². The Morgan fingerprint density at radius 1 is 1.52 bits per heavy atom. The highest BCUT2D eigenvalue weighted by Crippen LogP contribution is 2.31. The van der Waals surface area contributed by atoms with Gasteiger partial charge >= 0.3 is 5.82 Å². The molecule has 0 spiro atoms. The van der Waals surface area contributed by atoms with Gasteiger partial charge in [-0.05, 0) is 25.2 Å². The maximum Gasteiger partial charge on any atom is 0.305 e. The van der Waals surface area contributed by atoms with Gasteiger partial charge in [0.15, 0.2) is 12.9 Å². The van der Waals surface area contributed by atoms with Gasteiger partial charge in [-0.2, -0.15) is 0 Å².